The molecular weight excluding hydrogens is 376 g/mol. The Morgan fingerprint density at radius 2 is 1.93 bits per heavy atom. The van der Waals surface area contributed by atoms with E-state index in [4.69, 9.17) is 14.2 Å². The molecule has 1 N–H and O–H groups in total. The highest BCUT2D eigenvalue weighted by Crippen LogP contribution is 2.13. The number of rotatable bonds is 8. The lowest BCUT2D eigenvalue weighted by Crippen LogP contribution is -2.42. The van der Waals surface area contributed by atoms with Gasteiger partial charge in [-0.3, -0.25) is 14.2 Å². The van der Waals surface area contributed by atoms with Crippen LogP contribution in [-0.4, -0.2) is 56.0 Å². The van der Waals surface area contributed by atoms with E-state index >= 15 is 0 Å². The highest BCUT2D eigenvalue weighted by Gasteiger charge is 2.20. The van der Waals surface area contributed by atoms with Crippen LogP contribution in [0.3, 0.4) is 0 Å². The first-order chi connectivity index (χ1) is 14.1. The smallest absolute Gasteiger partial charge is 0.255 e. The molecule has 29 heavy (non-hydrogen) atoms. The van der Waals surface area contributed by atoms with Crippen LogP contribution < -0.4 is 20.5 Å². The Balaban J connectivity index is 1.73. The van der Waals surface area contributed by atoms with Crippen molar-refractivity contribution in [2.45, 2.75) is 19.7 Å². The number of carbonyl (C=O) groups excluding carboxylic acids is 1. The summed E-state index contributed by atoms with van der Waals surface area (Å²) in [6, 6.07) is 8.84. The van der Waals surface area contributed by atoms with E-state index in [1.807, 2.05) is 29.2 Å². The Kier molecular flexibility index (Phi) is 7.20. The number of ether oxygens (including phenoxy) is 3. The molecule has 0 unspecified atom stereocenters. The number of methoxy groups -OCH3 is 2. The van der Waals surface area contributed by atoms with Crippen molar-refractivity contribution in [3.63, 3.8) is 0 Å². The Morgan fingerprint density at radius 3 is 2.59 bits per heavy atom. The molecular formula is C20H26N4O5. The van der Waals surface area contributed by atoms with Crippen LogP contribution in [-0.2, 0) is 34.0 Å². The monoisotopic (exact) mass is 402 g/mol. The molecule has 3 rings (SSSR count). The van der Waals surface area contributed by atoms with Crippen molar-refractivity contribution in [2.75, 3.05) is 45.4 Å². The third-order valence-electron chi connectivity index (χ3n) is 4.58. The SMILES string of the molecule is COCc1cc(=O)n(CC(=O)NCc2ccc(OC)cc2)c(N2CCOCC2)n1. The summed E-state index contributed by atoms with van der Waals surface area (Å²) >= 11 is 0. The second-order valence-electron chi connectivity index (χ2n) is 6.63. The van der Waals surface area contributed by atoms with Gasteiger partial charge in [0.15, 0.2) is 0 Å². The molecule has 0 atom stereocenters. The zero-order valence-corrected chi connectivity index (χ0v) is 16.7. The normalized spacial score (nSPS) is 13.9. The van der Waals surface area contributed by atoms with Crippen molar-refractivity contribution in [2.24, 2.45) is 0 Å². The van der Waals surface area contributed by atoms with Gasteiger partial charge in [-0.15, -0.1) is 0 Å². The van der Waals surface area contributed by atoms with Gasteiger partial charge in [0.05, 0.1) is 32.6 Å². The number of aromatic nitrogens is 2. The predicted molar refractivity (Wildman–Crippen MR) is 107 cm³/mol. The number of amides is 1. The molecule has 0 saturated carbocycles. The van der Waals surface area contributed by atoms with E-state index in [1.54, 1.807) is 14.2 Å². The molecule has 1 aliphatic rings. The van der Waals surface area contributed by atoms with Crippen molar-refractivity contribution in [1.82, 2.24) is 14.9 Å². The van der Waals surface area contributed by atoms with Crippen LogP contribution in [0.25, 0.3) is 0 Å². The molecule has 2 aromatic rings. The standard InChI is InChI=1S/C20H26N4O5/c1-27-14-16-11-19(26)24(20(22-16)23-7-9-29-10-8-23)13-18(25)21-12-15-3-5-17(28-2)6-4-15/h3-6,11H,7-10,12-14H2,1-2H3,(H,21,25). The molecule has 0 bridgehead atoms. The largest absolute Gasteiger partial charge is 0.497 e. The van der Waals surface area contributed by atoms with Crippen LogP contribution in [0.1, 0.15) is 11.3 Å². The number of benzene rings is 1. The van der Waals surface area contributed by atoms with E-state index in [0.717, 1.165) is 11.3 Å². The molecule has 9 heteroatoms. The molecule has 1 fully saturated rings. The number of hydrogen-bond donors (Lipinski definition) is 1. The van der Waals surface area contributed by atoms with Gasteiger partial charge >= 0.3 is 0 Å². The quantitative estimate of drug-likeness (QED) is 0.689. The molecule has 2 heterocycles. The minimum atomic E-state index is -0.284. The van der Waals surface area contributed by atoms with Crippen LogP contribution in [0.2, 0.25) is 0 Å². The van der Waals surface area contributed by atoms with Crippen molar-refractivity contribution in [3.05, 3.63) is 51.9 Å². The van der Waals surface area contributed by atoms with E-state index < -0.39 is 0 Å². The number of morpholine rings is 1. The molecule has 1 aromatic heterocycles. The maximum absolute atomic E-state index is 12.7. The summed E-state index contributed by atoms with van der Waals surface area (Å²) in [4.78, 5) is 31.7. The molecule has 1 aromatic carbocycles. The van der Waals surface area contributed by atoms with Crippen LogP contribution in [0.15, 0.2) is 35.1 Å². The number of carbonyl (C=O) groups is 1. The zero-order chi connectivity index (χ0) is 20.6. The highest BCUT2D eigenvalue weighted by atomic mass is 16.5. The summed E-state index contributed by atoms with van der Waals surface area (Å²) in [5.74, 6) is 0.954. The summed E-state index contributed by atoms with van der Waals surface area (Å²) < 4.78 is 17.0. The van der Waals surface area contributed by atoms with Crippen molar-refractivity contribution >= 4 is 11.9 Å². The van der Waals surface area contributed by atoms with Crippen molar-refractivity contribution in [3.8, 4) is 5.75 Å². The first-order valence-electron chi connectivity index (χ1n) is 9.42. The Labute approximate surface area is 169 Å². The van der Waals surface area contributed by atoms with Gasteiger partial charge in [0.2, 0.25) is 11.9 Å². The maximum Gasteiger partial charge on any atom is 0.255 e. The van der Waals surface area contributed by atoms with E-state index in [-0.39, 0.29) is 24.6 Å². The number of nitrogens with one attached hydrogen (secondary N) is 1. The molecule has 1 saturated heterocycles. The van der Waals surface area contributed by atoms with Gasteiger partial charge in [-0.1, -0.05) is 12.1 Å². The highest BCUT2D eigenvalue weighted by molar-refractivity contribution is 5.76. The van der Waals surface area contributed by atoms with E-state index in [0.29, 0.717) is 44.5 Å². The number of nitrogens with zero attached hydrogens (tertiary/aromatic N) is 3. The fraction of sp³-hybridized carbons (Fsp3) is 0.450. The molecule has 0 spiro atoms. The summed E-state index contributed by atoms with van der Waals surface area (Å²) in [6.07, 6.45) is 0. The van der Waals surface area contributed by atoms with Crippen molar-refractivity contribution < 1.29 is 19.0 Å². The Bertz CT molecular complexity index is 875. The van der Waals surface area contributed by atoms with Gasteiger partial charge in [-0.25, -0.2) is 4.98 Å². The molecule has 1 aliphatic heterocycles. The number of anilines is 1. The third kappa shape index (κ3) is 5.55. The maximum atomic E-state index is 12.7. The van der Waals surface area contributed by atoms with E-state index in [9.17, 15) is 9.59 Å². The minimum Gasteiger partial charge on any atom is -0.497 e. The molecule has 156 valence electrons. The molecule has 0 radical (unpaired) electrons. The average molecular weight is 402 g/mol. The third-order valence-corrected chi connectivity index (χ3v) is 4.58. The van der Waals surface area contributed by atoms with E-state index in [1.165, 1.54) is 10.6 Å². The average Bonchev–Trinajstić information content (AvgIpc) is 2.75. The predicted octanol–water partition coefficient (Wildman–Crippen LogP) is 0.551. The fourth-order valence-electron chi connectivity index (χ4n) is 3.06. The fourth-order valence-corrected chi connectivity index (χ4v) is 3.06. The lowest BCUT2D eigenvalue weighted by Gasteiger charge is -2.29. The van der Waals surface area contributed by atoms with Gasteiger partial charge in [0, 0.05) is 32.8 Å². The van der Waals surface area contributed by atoms with Gasteiger partial charge in [0.1, 0.15) is 12.3 Å². The topological polar surface area (TPSA) is 94.9 Å². The minimum absolute atomic E-state index is 0.109. The van der Waals surface area contributed by atoms with Gasteiger partial charge in [-0.05, 0) is 17.7 Å². The summed E-state index contributed by atoms with van der Waals surface area (Å²) in [5.41, 5.74) is 1.19. The van der Waals surface area contributed by atoms with E-state index in [2.05, 4.69) is 10.3 Å². The molecule has 1 amide bonds. The van der Waals surface area contributed by atoms with Gasteiger partial charge < -0.3 is 24.4 Å². The Morgan fingerprint density at radius 1 is 1.21 bits per heavy atom. The van der Waals surface area contributed by atoms with Crippen LogP contribution >= 0.6 is 0 Å². The lowest BCUT2D eigenvalue weighted by molar-refractivity contribution is -0.121. The number of hydrogen-bond acceptors (Lipinski definition) is 7. The summed E-state index contributed by atoms with van der Waals surface area (Å²) in [7, 11) is 3.15. The van der Waals surface area contributed by atoms with Crippen molar-refractivity contribution in [1.29, 1.82) is 0 Å². The Hall–Kier alpha value is -2.91. The second-order valence-corrected chi connectivity index (χ2v) is 6.63. The van der Waals surface area contributed by atoms with Crippen LogP contribution in [0, 0.1) is 0 Å². The van der Waals surface area contributed by atoms with Gasteiger partial charge in [0.25, 0.3) is 5.56 Å². The van der Waals surface area contributed by atoms with Gasteiger partial charge in [-0.2, -0.15) is 0 Å². The molecule has 0 aliphatic carbocycles. The first kappa shape index (κ1) is 20.8. The molecule has 9 nitrogen and oxygen atoms in total. The lowest BCUT2D eigenvalue weighted by atomic mass is 10.2. The summed E-state index contributed by atoms with van der Waals surface area (Å²) in [5, 5.41) is 2.85. The van der Waals surface area contributed by atoms with Crippen LogP contribution in [0.4, 0.5) is 5.95 Å². The summed E-state index contributed by atoms with van der Waals surface area (Å²) in [6.45, 7) is 2.80. The van der Waals surface area contributed by atoms with Crippen LogP contribution in [0.5, 0.6) is 5.75 Å². The first-order valence-corrected chi connectivity index (χ1v) is 9.42. The second kappa shape index (κ2) is 10.0. The zero-order valence-electron chi connectivity index (χ0n) is 16.7.